The van der Waals surface area contributed by atoms with Gasteiger partial charge in [-0.05, 0) is 55.9 Å². The number of carbonyl (C=O) groups excluding carboxylic acids is 1. The smallest absolute Gasteiger partial charge is 0.326 e. The molecule has 1 amide bonds. The van der Waals surface area contributed by atoms with E-state index in [1.165, 1.54) is 0 Å². The van der Waals surface area contributed by atoms with Crippen LogP contribution in [-0.4, -0.2) is 29.6 Å². The summed E-state index contributed by atoms with van der Waals surface area (Å²) in [7, 11) is 0. The lowest BCUT2D eigenvalue weighted by Gasteiger charge is -2.14. The number of hydrogen-bond acceptors (Lipinski definition) is 3. The largest absolute Gasteiger partial charge is 0.493 e. The lowest BCUT2D eigenvalue weighted by molar-refractivity contribution is -0.142. The SMILES string of the molecule is Cc1cc(C)cc(OCCC(=O)NC(C(=O)O)C2CC2)c1. The molecule has 1 aromatic rings. The minimum Gasteiger partial charge on any atom is -0.493 e. The number of nitrogens with one attached hydrogen (secondary N) is 1. The fraction of sp³-hybridized carbons (Fsp3) is 0.500. The van der Waals surface area contributed by atoms with Crippen LogP contribution < -0.4 is 10.1 Å². The molecule has 1 saturated carbocycles. The molecule has 0 radical (unpaired) electrons. The molecule has 1 aromatic carbocycles. The van der Waals surface area contributed by atoms with Gasteiger partial charge >= 0.3 is 5.97 Å². The number of amides is 1. The Kier molecular flexibility index (Phi) is 4.83. The molecule has 21 heavy (non-hydrogen) atoms. The molecule has 2 rings (SSSR count). The van der Waals surface area contributed by atoms with E-state index in [0.29, 0.717) is 0 Å². The number of hydrogen-bond donors (Lipinski definition) is 2. The molecule has 0 saturated heterocycles. The second kappa shape index (κ2) is 6.61. The van der Waals surface area contributed by atoms with Crippen molar-refractivity contribution < 1.29 is 19.4 Å². The Labute approximate surface area is 124 Å². The van der Waals surface area contributed by atoms with Crippen LogP contribution in [0, 0.1) is 19.8 Å². The number of carboxylic acids is 1. The quantitative estimate of drug-likeness (QED) is 0.806. The zero-order chi connectivity index (χ0) is 15.4. The van der Waals surface area contributed by atoms with Gasteiger partial charge in [0.15, 0.2) is 0 Å². The number of ether oxygens (including phenoxy) is 1. The minimum absolute atomic E-state index is 0.0896. The van der Waals surface area contributed by atoms with Gasteiger partial charge in [0.2, 0.25) is 5.91 Å². The molecule has 1 fully saturated rings. The lowest BCUT2D eigenvalue weighted by Crippen LogP contribution is -2.42. The highest BCUT2D eigenvalue weighted by Crippen LogP contribution is 2.32. The molecular formula is C16H21NO4. The second-order valence-corrected chi connectivity index (χ2v) is 5.64. The molecule has 0 spiro atoms. The Hall–Kier alpha value is -2.04. The van der Waals surface area contributed by atoms with Crippen molar-refractivity contribution in [3.05, 3.63) is 29.3 Å². The van der Waals surface area contributed by atoms with Crippen LogP contribution in [0.15, 0.2) is 18.2 Å². The summed E-state index contributed by atoms with van der Waals surface area (Å²) in [4.78, 5) is 22.8. The van der Waals surface area contributed by atoms with E-state index in [-0.39, 0.29) is 24.9 Å². The van der Waals surface area contributed by atoms with Crippen molar-refractivity contribution >= 4 is 11.9 Å². The third-order valence-electron chi connectivity index (χ3n) is 3.47. The zero-order valence-electron chi connectivity index (χ0n) is 12.4. The van der Waals surface area contributed by atoms with Gasteiger partial charge in [0.05, 0.1) is 13.0 Å². The third-order valence-corrected chi connectivity index (χ3v) is 3.47. The van der Waals surface area contributed by atoms with Crippen molar-refractivity contribution in [3.8, 4) is 5.75 Å². The van der Waals surface area contributed by atoms with E-state index < -0.39 is 12.0 Å². The highest BCUT2D eigenvalue weighted by molar-refractivity contribution is 5.84. The zero-order valence-corrected chi connectivity index (χ0v) is 12.4. The molecule has 1 atom stereocenters. The minimum atomic E-state index is -0.957. The van der Waals surface area contributed by atoms with Crippen LogP contribution in [0.4, 0.5) is 0 Å². The van der Waals surface area contributed by atoms with Crippen molar-refractivity contribution in [2.75, 3.05) is 6.61 Å². The molecule has 0 aliphatic heterocycles. The first-order valence-corrected chi connectivity index (χ1v) is 7.19. The van der Waals surface area contributed by atoms with Gasteiger partial charge in [-0.3, -0.25) is 4.79 Å². The summed E-state index contributed by atoms with van der Waals surface area (Å²) in [5, 5.41) is 11.6. The van der Waals surface area contributed by atoms with E-state index in [9.17, 15) is 9.59 Å². The molecule has 114 valence electrons. The predicted octanol–water partition coefficient (Wildman–Crippen LogP) is 2.05. The fourth-order valence-corrected chi connectivity index (χ4v) is 2.33. The summed E-state index contributed by atoms with van der Waals surface area (Å²) in [5.41, 5.74) is 2.21. The Morgan fingerprint density at radius 3 is 2.43 bits per heavy atom. The summed E-state index contributed by atoms with van der Waals surface area (Å²) in [6.45, 7) is 4.21. The lowest BCUT2D eigenvalue weighted by atomic mass is 10.1. The maximum atomic E-state index is 11.8. The van der Waals surface area contributed by atoms with E-state index in [1.807, 2.05) is 32.0 Å². The highest BCUT2D eigenvalue weighted by atomic mass is 16.5. The molecule has 0 bridgehead atoms. The average Bonchev–Trinajstić information content (AvgIpc) is 3.18. The number of aryl methyl sites for hydroxylation is 2. The first kappa shape index (κ1) is 15.4. The van der Waals surface area contributed by atoms with Gasteiger partial charge in [0.25, 0.3) is 0 Å². The van der Waals surface area contributed by atoms with E-state index in [0.717, 1.165) is 29.7 Å². The Morgan fingerprint density at radius 1 is 1.29 bits per heavy atom. The van der Waals surface area contributed by atoms with Gasteiger partial charge in [-0.1, -0.05) is 6.07 Å². The molecule has 0 aromatic heterocycles. The van der Waals surface area contributed by atoms with Crippen LogP contribution in [0.2, 0.25) is 0 Å². The number of carbonyl (C=O) groups is 2. The maximum Gasteiger partial charge on any atom is 0.326 e. The summed E-state index contributed by atoms with van der Waals surface area (Å²) >= 11 is 0. The normalized spacial score (nSPS) is 15.3. The van der Waals surface area contributed by atoms with Crippen molar-refractivity contribution in [3.63, 3.8) is 0 Å². The monoisotopic (exact) mass is 291 g/mol. The molecule has 1 unspecified atom stereocenters. The fourth-order valence-electron chi connectivity index (χ4n) is 2.33. The van der Waals surface area contributed by atoms with Gasteiger partial charge < -0.3 is 15.2 Å². The second-order valence-electron chi connectivity index (χ2n) is 5.64. The van der Waals surface area contributed by atoms with Crippen LogP contribution in [0.25, 0.3) is 0 Å². The van der Waals surface area contributed by atoms with Crippen molar-refractivity contribution in [2.24, 2.45) is 5.92 Å². The van der Waals surface area contributed by atoms with Gasteiger partial charge in [-0.15, -0.1) is 0 Å². The van der Waals surface area contributed by atoms with E-state index >= 15 is 0 Å². The van der Waals surface area contributed by atoms with Gasteiger partial charge in [0.1, 0.15) is 11.8 Å². The van der Waals surface area contributed by atoms with Crippen LogP contribution in [0.5, 0.6) is 5.75 Å². The summed E-state index contributed by atoms with van der Waals surface area (Å²) < 4.78 is 5.55. The average molecular weight is 291 g/mol. The van der Waals surface area contributed by atoms with Crippen molar-refractivity contribution in [2.45, 2.75) is 39.2 Å². The number of aliphatic carboxylic acids is 1. The molecular weight excluding hydrogens is 270 g/mol. The van der Waals surface area contributed by atoms with E-state index in [4.69, 9.17) is 9.84 Å². The molecule has 2 N–H and O–H groups in total. The van der Waals surface area contributed by atoms with Gasteiger partial charge in [0, 0.05) is 0 Å². The Balaban J connectivity index is 1.77. The Morgan fingerprint density at radius 2 is 1.90 bits per heavy atom. The van der Waals surface area contributed by atoms with Crippen LogP contribution in [0.1, 0.15) is 30.4 Å². The van der Waals surface area contributed by atoms with Crippen molar-refractivity contribution in [1.29, 1.82) is 0 Å². The first-order valence-electron chi connectivity index (χ1n) is 7.19. The van der Waals surface area contributed by atoms with Gasteiger partial charge in [-0.2, -0.15) is 0 Å². The van der Waals surface area contributed by atoms with E-state index in [1.54, 1.807) is 0 Å². The topological polar surface area (TPSA) is 75.6 Å². The first-order chi connectivity index (χ1) is 9.95. The molecule has 5 nitrogen and oxygen atoms in total. The molecule has 0 heterocycles. The number of rotatable bonds is 7. The summed E-state index contributed by atoms with van der Waals surface area (Å²) in [6.07, 6.45) is 1.90. The molecule has 1 aliphatic carbocycles. The Bertz CT molecular complexity index is 517. The van der Waals surface area contributed by atoms with Crippen LogP contribution in [0.3, 0.4) is 0 Å². The van der Waals surface area contributed by atoms with Gasteiger partial charge in [-0.25, -0.2) is 4.79 Å². The van der Waals surface area contributed by atoms with Crippen LogP contribution >= 0.6 is 0 Å². The highest BCUT2D eigenvalue weighted by Gasteiger charge is 2.37. The maximum absolute atomic E-state index is 11.8. The molecule has 5 heteroatoms. The third kappa shape index (κ3) is 4.77. The predicted molar refractivity (Wildman–Crippen MR) is 78.3 cm³/mol. The summed E-state index contributed by atoms with van der Waals surface area (Å²) in [5.74, 6) is -0.413. The van der Waals surface area contributed by atoms with E-state index in [2.05, 4.69) is 5.32 Å². The summed E-state index contributed by atoms with van der Waals surface area (Å²) in [6, 6.07) is 5.12. The number of benzene rings is 1. The van der Waals surface area contributed by atoms with Crippen LogP contribution in [-0.2, 0) is 9.59 Å². The molecule has 1 aliphatic rings. The van der Waals surface area contributed by atoms with Crippen molar-refractivity contribution in [1.82, 2.24) is 5.32 Å². The standard InChI is InChI=1S/C16H21NO4/c1-10-7-11(2)9-13(8-10)21-6-5-14(18)17-15(16(19)20)12-3-4-12/h7-9,12,15H,3-6H2,1-2H3,(H,17,18)(H,19,20). The number of carboxylic acid groups (broad SMARTS) is 1.